The van der Waals surface area contributed by atoms with Crippen molar-refractivity contribution >= 4 is 21.6 Å². The maximum absolute atomic E-state index is 11.8. The predicted octanol–water partition coefficient (Wildman–Crippen LogP) is 1.10. The second kappa shape index (κ2) is 4.51. The van der Waals surface area contributed by atoms with E-state index in [1.165, 1.54) is 12.5 Å². The molecule has 86 valence electrons. The fourth-order valence-electron chi connectivity index (χ4n) is 0.963. The number of aromatic amines is 1. The molecular formula is C8H14ClN3O2S. The van der Waals surface area contributed by atoms with E-state index in [2.05, 4.69) is 14.7 Å². The van der Waals surface area contributed by atoms with E-state index in [0.717, 1.165) is 0 Å². The third-order valence-electron chi connectivity index (χ3n) is 2.22. The highest BCUT2D eigenvalue weighted by Gasteiger charge is 2.28. The molecule has 0 aliphatic rings. The fraction of sp³-hybridized carbons (Fsp3) is 0.625. The molecule has 0 spiro atoms. The van der Waals surface area contributed by atoms with Crippen molar-refractivity contribution in [3.8, 4) is 0 Å². The van der Waals surface area contributed by atoms with Gasteiger partial charge in [0.15, 0.2) is 5.03 Å². The third kappa shape index (κ3) is 2.93. The number of nitrogens with zero attached hydrogens (tertiary/aromatic N) is 1. The zero-order valence-electron chi connectivity index (χ0n) is 8.62. The van der Waals surface area contributed by atoms with Gasteiger partial charge in [0.1, 0.15) is 0 Å². The number of hydrogen-bond donors (Lipinski definition) is 2. The number of alkyl halides is 1. The minimum atomic E-state index is -3.55. The second-order valence-corrected chi connectivity index (χ2v) is 5.49. The molecule has 7 heteroatoms. The molecule has 1 heterocycles. The van der Waals surface area contributed by atoms with Crippen molar-refractivity contribution in [1.82, 2.24) is 14.7 Å². The van der Waals surface area contributed by atoms with Gasteiger partial charge in [-0.05, 0) is 13.3 Å². The van der Waals surface area contributed by atoms with Crippen LogP contribution in [-0.4, -0.2) is 29.8 Å². The predicted molar refractivity (Wildman–Crippen MR) is 58.3 cm³/mol. The van der Waals surface area contributed by atoms with E-state index in [-0.39, 0.29) is 10.9 Å². The van der Waals surface area contributed by atoms with Crippen molar-refractivity contribution in [2.45, 2.75) is 30.8 Å². The average molecular weight is 252 g/mol. The number of imidazole rings is 1. The van der Waals surface area contributed by atoms with Crippen molar-refractivity contribution in [3.63, 3.8) is 0 Å². The Labute approximate surface area is 94.3 Å². The van der Waals surface area contributed by atoms with Gasteiger partial charge in [-0.2, -0.15) is 0 Å². The van der Waals surface area contributed by atoms with Crippen LogP contribution in [0.2, 0.25) is 0 Å². The molecule has 0 amide bonds. The molecule has 1 aromatic heterocycles. The van der Waals surface area contributed by atoms with E-state index in [0.29, 0.717) is 6.42 Å². The van der Waals surface area contributed by atoms with Crippen LogP contribution in [0.3, 0.4) is 0 Å². The standard InChI is InChI=1S/C8H14ClN3O2S/c1-3-8(2,5-9)12-15(13,14)7-4-10-6-11-7/h4,6,12H,3,5H2,1-2H3,(H,10,11). The van der Waals surface area contributed by atoms with E-state index in [1.54, 1.807) is 6.92 Å². The van der Waals surface area contributed by atoms with E-state index in [9.17, 15) is 8.42 Å². The van der Waals surface area contributed by atoms with Gasteiger partial charge in [-0.1, -0.05) is 6.92 Å². The summed E-state index contributed by atoms with van der Waals surface area (Å²) in [5.41, 5.74) is -0.633. The van der Waals surface area contributed by atoms with Gasteiger partial charge in [-0.25, -0.2) is 18.1 Å². The molecule has 1 rings (SSSR count). The first kappa shape index (κ1) is 12.5. The Hall–Kier alpha value is -0.590. The summed E-state index contributed by atoms with van der Waals surface area (Å²) in [6.45, 7) is 3.63. The van der Waals surface area contributed by atoms with E-state index in [1.807, 2.05) is 6.92 Å². The lowest BCUT2D eigenvalue weighted by Gasteiger charge is -2.26. The molecule has 0 aliphatic carbocycles. The number of nitrogens with one attached hydrogen (secondary N) is 2. The van der Waals surface area contributed by atoms with Crippen molar-refractivity contribution in [2.75, 3.05) is 5.88 Å². The molecule has 1 atom stereocenters. The lowest BCUT2D eigenvalue weighted by molar-refractivity contribution is 0.443. The number of hydrogen-bond acceptors (Lipinski definition) is 3. The quantitative estimate of drug-likeness (QED) is 0.770. The summed E-state index contributed by atoms with van der Waals surface area (Å²) in [5, 5.41) is 0.0484. The molecule has 1 unspecified atom stereocenters. The molecule has 0 saturated heterocycles. The minimum absolute atomic E-state index is 0.0484. The second-order valence-electron chi connectivity index (χ2n) is 3.57. The summed E-state index contributed by atoms with van der Waals surface area (Å²) in [6, 6.07) is 0. The van der Waals surface area contributed by atoms with E-state index >= 15 is 0 Å². The van der Waals surface area contributed by atoms with Gasteiger partial charge >= 0.3 is 0 Å². The molecule has 0 fully saturated rings. The lowest BCUT2D eigenvalue weighted by atomic mass is 10.0. The van der Waals surface area contributed by atoms with E-state index in [4.69, 9.17) is 11.6 Å². The number of aromatic nitrogens is 2. The molecule has 5 nitrogen and oxygen atoms in total. The molecule has 0 aromatic carbocycles. The van der Waals surface area contributed by atoms with Gasteiger partial charge in [-0.3, -0.25) is 0 Å². The Morgan fingerprint density at radius 3 is 2.73 bits per heavy atom. The Balaban J connectivity index is 2.91. The highest BCUT2D eigenvalue weighted by atomic mass is 35.5. The highest BCUT2D eigenvalue weighted by Crippen LogP contribution is 2.15. The van der Waals surface area contributed by atoms with Crippen LogP contribution in [0.25, 0.3) is 0 Å². The van der Waals surface area contributed by atoms with Gasteiger partial charge < -0.3 is 4.98 Å². The van der Waals surface area contributed by atoms with Crippen molar-refractivity contribution in [3.05, 3.63) is 12.5 Å². The van der Waals surface area contributed by atoms with Gasteiger partial charge in [-0.15, -0.1) is 11.6 Å². The largest absolute Gasteiger partial charge is 0.335 e. The van der Waals surface area contributed by atoms with Crippen molar-refractivity contribution < 1.29 is 8.42 Å². The van der Waals surface area contributed by atoms with Crippen LogP contribution in [0.15, 0.2) is 17.6 Å². The topological polar surface area (TPSA) is 74.8 Å². The van der Waals surface area contributed by atoms with Gasteiger partial charge in [0.25, 0.3) is 10.0 Å². The number of sulfonamides is 1. The van der Waals surface area contributed by atoms with Crippen LogP contribution in [0.5, 0.6) is 0 Å². The molecule has 0 saturated carbocycles. The smallest absolute Gasteiger partial charge is 0.258 e. The van der Waals surface area contributed by atoms with Crippen LogP contribution < -0.4 is 4.72 Å². The Kier molecular flexibility index (Phi) is 3.75. The highest BCUT2D eigenvalue weighted by molar-refractivity contribution is 7.89. The van der Waals surface area contributed by atoms with Crippen LogP contribution >= 0.6 is 11.6 Å². The first-order valence-corrected chi connectivity index (χ1v) is 6.53. The van der Waals surface area contributed by atoms with E-state index < -0.39 is 15.6 Å². The van der Waals surface area contributed by atoms with Crippen LogP contribution in [-0.2, 0) is 10.0 Å². The lowest BCUT2D eigenvalue weighted by Crippen LogP contribution is -2.47. The number of H-pyrrole nitrogens is 1. The fourth-order valence-corrected chi connectivity index (χ4v) is 2.68. The van der Waals surface area contributed by atoms with Crippen molar-refractivity contribution in [2.24, 2.45) is 0 Å². The molecule has 15 heavy (non-hydrogen) atoms. The molecule has 0 bridgehead atoms. The third-order valence-corrected chi connectivity index (χ3v) is 4.37. The van der Waals surface area contributed by atoms with Crippen LogP contribution in [0.4, 0.5) is 0 Å². The maximum atomic E-state index is 11.8. The first-order valence-electron chi connectivity index (χ1n) is 4.52. The SMILES string of the molecule is CCC(C)(CCl)NS(=O)(=O)c1cnc[nH]1. The monoisotopic (exact) mass is 251 g/mol. The summed E-state index contributed by atoms with van der Waals surface area (Å²) in [5.74, 6) is 0.219. The van der Waals surface area contributed by atoms with Gasteiger partial charge in [0, 0.05) is 11.4 Å². The average Bonchev–Trinajstić information content (AvgIpc) is 2.70. The summed E-state index contributed by atoms with van der Waals surface area (Å²) in [6.07, 6.45) is 3.19. The molecular weight excluding hydrogens is 238 g/mol. The number of halogens is 1. The Bertz CT molecular complexity index is 398. The summed E-state index contributed by atoms with van der Waals surface area (Å²) >= 11 is 5.72. The Morgan fingerprint density at radius 1 is 1.67 bits per heavy atom. The normalized spacial score (nSPS) is 16.2. The molecule has 2 N–H and O–H groups in total. The molecule has 1 aromatic rings. The van der Waals surface area contributed by atoms with Crippen molar-refractivity contribution in [1.29, 1.82) is 0 Å². The van der Waals surface area contributed by atoms with Crippen LogP contribution in [0.1, 0.15) is 20.3 Å². The molecule has 0 radical (unpaired) electrons. The summed E-state index contributed by atoms with van der Waals surface area (Å²) in [7, 11) is -3.55. The first-order chi connectivity index (χ1) is 6.93. The zero-order valence-corrected chi connectivity index (χ0v) is 10.2. The molecule has 0 aliphatic heterocycles. The van der Waals surface area contributed by atoms with Gasteiger partial charge in [0.05, 0.1) is 12.5 Å². The van der Waals surface area contributed by atoms with Crippen LogP contribution in [0, 0.1) is 0 Å². The summed E-state index contributed by atoms with van der Waals surface area (Å²) < 4.78 is 26.1. The Morgan fingerprint density at radius 2 is 2.33 bits per heavy atom. The zero-order chi connectivity index (χ0) is 11.5. The van der Waals surface area contributed by atoms with Gasteiger partial charge in [0.2, 0.25) is 0 Å². The minimum Gasteiger partial charge on any atom is -0.335 e. The number of rotatable bonds is 5. The summed E-state index contributed by atoms with van der Waals surface area (Å²) in [4.78, 5) is 6.21. The maximum Gasteiger partial charge on any atom is 0.258 e.